The van der Waals surface area contributed by atoms with E-state index in [4.69, 9.17) is 4.42 Å². The Morgan fingerprint density at radius 3 is 2.86 bits per heavy atom. The molecule has 1 saturated carbocycles. The van der Waals surface area contributed by atoms with Crippen LogP contribution < -0.4 is 5.32 Å². The molecule has 0 amide bonds. The van der Waals surface area contributed by atoms with Gasteiger partial charge in [0.15, 0.2) is 0 Å². The van der Waals surface area contributed by atoms with Crippen molar-refractivity contribution >= 4 is 0 Å². The standard InChI is InChI=1S/C10H17N3O/c1-7-3-4-9(5-7)11-6-10-13-12-8(2)14-10/h7,9,11H,3-6H2,1-2H3. The quantitative estimate of drug-likeness (QED) is 0.796. The van der Waals surface area contributed by atoms with Gasteiger partial charge in [-0.3, -0.25) is 0 Å². The second-order valence-corrected chi connectivity index (χ2v) is 4.21. The monoisotopic (exact) mass is 195 g/mol. The maximum absolute atomic E-state index is 5.29. The van der Waals surface area contributed by atoms with Crippen molar-refractivity contribution < 1.29 is 4.42 Å². The molecule has 0 aromatic carbocycles. The molecule has 4 heteroatoms. The van der Waals surface area contributed by atoms with Crippen molar-refractivity contribution in [3.63, 3.8) is 0 Å². The Balaban J connectivity index is 1.77. The number of rotatable bonds is 3. The lowest BCUT2D eigenvalue weighted by atomic mass is 10.1. The van der Waals surface area contributed by atoms with Crippen molar-refractivity contribution in [2.45, 2.75) is 45.7 Å². The van der Waals surface area contributed by atoms with Gasteiger partial charge >= 0.3 is 0 Å². The van der Waals surface area contributed by atoms with E-state index in [1.165, 1.54) is 19.3 Å². The van der Waals surface area contributed by atoms with Crippen molar-refractivity contribution in [1.29, 1.82) is 0 Å². The fourth-order valence-electron chi connectivity index (χ4n) is 2.03. The van der Waals surface area contributed by atoms with Crippen LogP contribution in [0.25, 0.3) is 0 Å². The number of aryl methyl sites for hydroxylation is 1. The highest BCUT2D eigenvalue weighted by Gasteiger charge is 2.20. The number of nitrogens with one attached hydrogen (secondary N) is 1. The van der Waals surface area contributed by atoms with Crippen molar-refractivity contribution in [2.24, 2.45) is 5.92 Å². The molecule has 1 aliphatic carbocycles. The predicted molar refractivity (Wildman–Crippen MR) is 52.7 cm³/mol. The zero-order valence-corrected chi connectivity index (χ0v) is 8.79. The SMILES string of the molecule is Cc1nnc(CNC2CCC(C)C2)o1. The lowest BCUT2D eigenvalue weighted by molar-refractivity contribution is 0.417. The highest BCUT2D eigenvalue weighted by Crippen LogP contribution is 2.24. The molecule has 2 unspecified atom stereocenters. The third-order valence-electron chi connectivity index (χ3n) is 2.80. The van der Waals surface area contributed by atoms with Crippen molar-refractivity contribution in [3.05, 3.63) is 11.8 Å². The average Bonchev–Trinajstić information content (AvgIpc) is 2.72. The molecule has 1 aromatic heterocycles. The highest BCUT2D eigenvalue weighted by molar-refractivity contribution is 4.83. The molecule has 1 aliphatic rings. The maximum atomic E-state index is 5.29. The van der Waals surface area contributed by atoms with Crippen LogP contribution >= 0.6 is 0 Å². The summed E-state index contributed by atoms with van der Waals surface area (Å²) in [6.07, 6.45) is 3.88. The minimum Gasteiger partial charge on any atom is -0.424 e. The van der Waals surface area contributed by atoms with Crippen LogP contribution in [-0.4, -0.2) is 16.2 Å². The van der Waals surface area contributed by atoms with Crippen molar-refractivity contribution in [1.82, 2.24) is 15.5 Å². The Kier molecular flexibility index (Phi) is 2.82. The van der Waals surface area contributed by atoms with E-state index in [2.05, 4.69) is 22.4 Å². The van der Waals surface area contributed by atoms with Gasteiger partial charge < -0.3 is 9.73 Å². The molecule has 1 fully saturated rings. The van der Waals surface area contributed by atoms with Gasteiger partial charge in [0.05, 0.1) is 6.54 Å². The minimum absolute atomic E-state index is 0.636. The fourth-order valence-corrected chi connectivity index (χ4v) is 2.03. The summed E-state index contributed by atoms with van der Waals surface area (Å²) in [6.45, 7) is 4.82. The average molecular weight is 195 g/mol. The van der Waals surface area contributed by atoms with Crippen LogP contribution in [0, 0.1) is 12.8 Å². The molecule has 2 atom stereocenters. The van der Waals surface area contributed by atoms with Crippen molar-refractivity contribution in [3.8, 4) is 0 Å². The van der Waals surface area contributed by atoms with Crippen LogP contribution in [0.15, 0.2) is 4.42 Å². The van der Waals surface area contributed by atoms with Crippen LogP contribution in [-0.2, 0) is 6.54 Å². The van der Waals surface area contributed by atoms with Gasteiger partial charge in [0.2, 0.25) is 11.8 Å². The van der Waals surface area contributed by atoms with E-state index in [0.29, 0.717) is 24.4 Å². The Bertz CT molecular complexity index is 297. The van der Waals surface area contributed by atoms with Gasteiger partial charge in [-0.1, -0.05) is 6.92 Å². The summed E-state index contributed by atoms with van der Waals surface area (Å²) in [5.41, 5.74) is 0. The fraction of sp³-hybridized carbons (Fsp3) is 0.800. The van der Waals surface area contributed by atoms with Gasteiger partial charge in [-0.15, -0.1) is 10.2 Å². The summed E-state index contributed by atoms with van der Waals surface area (Å²) >= 11 is 0. The molecule has 1 N–H and O–H groups in total. The van der Waals surface area contributed by atoms with E-state index in [1.807, 2.05) is 6.92 Å². The lowest BCUT2D eigenvalue weighted by Crippen LogP contribution is -2.25. The first kappa shape index (κ1) is 9.65. The van der Waals surface area contributed by atoms with Gasteiger partial charge in [-0.25, -0.2) is 0 Å². The Labute approximate surface area is 84.1 Å². The second-order valence-electron chi connectivity index (χ2n) is 4.21. The number of nitrogens with zero attached hydrogens (tertiary/aromatic N) is 2. The van der Waals surface area contributed by atoms with Gasteiger partial charge in [0, 0.05) is 13.0 Å². The molecule has 0 spiro atoms. The van der Waals surface area contributed by atoms with Crippen LogP contribution in [0.5, 0.6) is 0 Å². The Morgan fingerprint density at radius 2 is 2.29 bits per heavy atom. The first-order valence-corrected chi connectivity index (χ1v) is 5.26. The molecule has 0 saturated heterocycles. The normalized spacial score (nSPS) is 27.0. The van der Waals surface area contributed by atoms with Gasteiger partial charge in [0.25, 0.3) is 0 Å². The van der Waals surface area contributed by atoms with Gasteiger partial charge in [-0.05, 0) is 25.2 Å². The van der Waals surface area contributed by atoms with Crippen molar-refractivity contribution in [2.75, 3.05) is 0 Å². The van der Waals surface area contributed by atoms with Gasteiger partial charge in [-0.2, -0.15) is 0 Å². The zero-order valence-electron chi connectivity index (χ0n) is 8.79. The molecule has 4 nitrogen and oxygen atoms in total. The number of hydrogen-bond donors (Lipinski definition) is 1. The van der Waals surface area contributed by atoms with Gasteiger partial charge in [0.1, 0.15) is 0 Å². The molecular weight excluding hydrogens is 178 g/mol. The summed E-state index contributed by atoms with van der Waals surface area (Å²) < 4.78 is 5.29. The van der Waals surface area contributed by atoms with Crippen LogP contribution in [0.3, 0.4) is 0 Å². The summed E-state index contributed by atoms with van der Waals surface area (Å²) in [7, 11) is 0. The lowest BCUT2D eigenvalue weighted by Gasteiger charge is -2.09. The topological polar surface area (TPSA) is 51.0 Å². The summed E-state index contributed by atoms with van der Waals surface area (Å²) in [4.78, 5) is 0. The number of aromatic nitrogens is 2. The van der Waals surface area contributed by atoms with E-state index < -0.39 is 0 Å². The molecule has 1 heterocycles. The predicted octanol–water partition coefficient (Wildman–Crippen LogP) is 1.66. The molecule has 14 heavy (non-hydrogen) atoms. The summed E-state index contributed by atoms with van der Waals surface area (Å²) in [5.74, 6) is 2.19. The molecule has 78 valence electrons. The zero-order chi connectivity index (χ0) is 9.97. The largest absolute Gasteiger partial charge is 0.424 e. The molecule has 0 radical (unpaired) electrons. The van der Waals surface area contributed by atoms with E-state index in [1.54, 1.807) is 0 Å². The number of hydrogen-bond acceptors (Lipinski definition) is 4. The smallest absolute Gasteiger partial charge is 0.230 e. The van der Waals surface area contributed by atoms with E-state index >= 15 is 0 Å². The summed E-state index contributed by atoms with van der Waals surface area (Å²) in [5, 5.41) is 11.2. The Morgan fingerprint density at radius 1 is 1.43 bits per heavy atom. The maximum Gasteiger partial charge on any atom is 0.230 e. The molecule has 2 rings (SSSR count). The first-order chi connectivity index (χ1) is 6.74. The van der Waals surface area contributed by atoms with E-state index in [0.717, 1.165) is 5.92 Å². The first-order valence-electron chi connectivity index (χ1n) is 5.26. The highest BCUT2D eigenvalue weighted by atomic mass is 16.4. The molecule has 0 bridgehead atoms. The summed E-state index contributed by atoms with van der Waals surface area (Å²) in [6, 6.07) is 0.636. The molecule has 0 aliphatic heterocycles. The Hall–Kier alpha value is -0.900. The molecular formula is C10H17N3O. The third kappa shape index (κ3) is 2.32. The van der Waals surface area contributed by atoms with E-state index in [-0.39, 0.29) is 0 Å². The van der Waals surface area contributed by atoms with Crippen LogP contribution in [0.4, 0.5) is 0 Å². The van der Waals surface area contributed by atoms with Crippen LogP contribution in [0.1, 0.15) is 38.0 Å². The van der Waals surface area contributed by atoms with Crippen LogP contribution in [0.2, 0.25) is 0 Å². The second kappa shape index (κ2) is 4.09. The minimum atomic E-state index is 0.636. The van der Waals surface area contributed by atoms with E-state index in [9.17, 15) is 0 Å². The third-order valence-corrected chi connectivity index (χ3v) is 2.80. The molecule has 1 aromatic rings.